The molecule has 28 heavy (non-hydrogen) atoms. The van der Waals surface area contributed by atoms with Gasteiger partial charge >= 0.3 is 0 Å². The van der Waals surface area contributed by atoms with Gasteiger partial charge in [-0.3, -0.25) is 19.3 Å². The predicted molar refractivity (Wildman–Crippen MR) is 102 cm³/mol. The molecule has 9 nitrogen and oxygen atoms in total. The Kier molecular flexibility index (Phi) is 4.38. The number of rotatable bonds is 5. The van der Waals surface area contributed by atoms with Gasteiger partial charge in [-0.05, 0) is 57.1 Å². The van der Waals surface area contributed by atoms with Gasteiger partial charge in [0.1, 0.15) is 4.90 Å². The van der Waals surface area contributed by atoms with Crippen molar-refractivity contribution < 1.29 is 18.0 Å². The second kappa shape index (κ2) is 6.52. The minimum Gasteiger partial charge on any atom is -0.345 e. The molecule has 1 fully saturated rings. The lowest BCUT2D eigenvalue weighted by molar-refractivity contribution is 0.0845. The molecule has 2 amide bonds. The average molecular weight is 422 g/mol. The summed E-state index contributed by atoms with van der Waals surface area (Å²) in [7, 11) is -3.96. The number of aromatic nitrogens is 3. The highest BCUT2D eigenvalue weighted by molar-refractivity contribution is 7.90. The van der Waals surface area contributed by atoms with Crippen molar-refractivity contribution in [3.05, 3.63) is 39.9 Å². The Labute approximate surface area is 166 Å². The summed E-state index contributed by atoms with van der Waals surface area (Å²) < 4.78 is 28.6. The van der Waals surface area contributed by atoms with E-state index in [2.05, 4.69) is 15.5 Å². The van der Waals surface area contributed by atoms with Gasteiger partial charge in [-0.25, -0.2) is 12.7 Å². The van der Waals surface area contributed by atoms with Crippen LogP contribution in [-0.2, 0) is 16.6 Å². The molecule has 148 valence electrons. The van der Waals surface area contributed by atoms with Crippen LogP contribution in [0.1, 0.15) is 59.3 Å². The van der Waals surface area contributed by atoms with Crippen LogP contribution in [0.5, 0.6) is 0 Å². The minimum absolute atomic E-state index is 0.0832. The molecule has 2 aliphatic rings. The number of hydrogen-bond acceptors (Lipinski definition) is 6. The number of hydrogen-bond donors (Lipinski definition) is 2. The van der Waals surface area contributed by atoms with Gasteiger partial charge in [-0.1, -0.05) is 0 Å². The largest absolute Gasteiger partial charge is 0.345 e. The minimum atomic E-state index is -3.96. The number of H-pyrrole nitrogens is 1. The van der Waals surface area contributed by atoms with E-state index in [9.17, 15) is 18.0 Å². The van der Waals surface area contributed by atoms with Gasteiger partial charge in [0.2, 0.25) is 0 Å². The summed E-state index contributed by atoms with van der Waals surface area (Å²) >= 11 is 5.21. The lowest BCUT2D eigenvalue weighted by Gasteiger charge is -2.18. The van der Waals surface area contributed by atoms with Crippen LogP contribution >= 0.6 is 12.2 Å². The van der Waals surface area contributed by atoms with Crippen molar-refractivity contribution in [3.63, 3.8) is 0 Å². The monoisotopic (exact) mass is 421 g/mol. The Morgan fingerprint density at radius 3 is 2.75 bits per heavy atom. The van der Waals surface area contributed by atoms with Gasteiger partial charge in [0.15, 0.2) is 10.6 Å². The first-order chi connectivity index (χ1) is 13.2. The van der Waals surface area contributed by atoms with E-state index >= 15 is 0 Å². The van der Waals surface area contributed by atoms with Crippen molar-refractivity contribution in [2.75, 3.05) is 0 Å². The van der Waals surface area contributed by atoms with Crippen LogP contribution in [0.4, 0.5) is 0 Å². The van der Waals surface area contributed by atoms with Crippen molar-refractivity contribution in [1.82, 2.24) is 24.4 Å². The molecular weight excluding hydrogens is 402 g/mol. The van der Waals surface area contributed by atoms with Gasteiger partial charge in [-0.15, -0.1) is 0 Å². The number of fused-ring (bicyclic) bond motifs is 1. The Bertz CT molecular complexity index is 1140. The zero-order chi connectivity index (χ0) is 20.2. The molecule has 0 spiro atoms. The predicted octanol–water partition coefficient (Wildman–Crippen LogP) is 1.76. The number of sulfonamides is 1. The summed E-state index contributed by atoms with van der Waals surface area (Å²) in [5.74, 6) is -0.405. The number of carbonyl (C=O) groups is 2. The number of amides is 2. The molecule has 1 aliphatic carbocycles. The molecule has 0 atom stereocenters. The summed E-state index contributed by atoms with van der Waals surface area (Å²) in [5, 5.41) is 9.61. The highest BCUT2D eigenvalue weighted by atomic mass is 32.2. The third-order valence-corrected chi connectivity index (χ3v) is 7.06. The van der Waals surface area contributed by atoms with Crippen LogP contribution in [0.25, 0.3) is 0 Å². The molecule has 1 aromatic heterocycles. The van der Waals surface area contributed by atoms with Crippen LogP contribution in [0.3, 0.4) is 0 Å². The molecule has 1 aliphatic heterocycles. The molecule has 0 unspecified atom stereocenters. The fraction of sp³-hybridized carbons (Fsp3) is 0.412. The van der Waals surface area contributed by atoms with Gasteiger partial charge in [0, 0.05) is 17.6 Å². The molecule has 2 heterocycles. The van der Waals surface area contributed by atoms with E-state index in [1.807, 2.05) is 4.57 Å². The van der Waals surface area contributed by atoms with Crippen LogP contribution in [0.15, 0.2) is 23.1 Å². The topological polar surface area (TPSA) is 117 Å². The smallest absolute Gasteiger partial charge is 0.269 e. The summed E-state index contributed by atoms with van der Waals surface area (Å²) in [5.41, 5.74) is 0.243. The quantitative estimate of drug-likeness (QED) is 0.711. The fourth-order valence-electron chi connectivity index (χ4n) is 3.33. The SMILES string of the molecule is CC(C)N1C(=O)c2ccc(C(=O)NCc3n[nH]c(=S)n3C3CC3)cc2S1(=O)=O. The first kappa shape index (κ1) is 18.8. The second-order valence-electron chi connectivity index (χ2n) is 7.14. The summed E-state index contributed by atoms with van der Waals surface area (Å²) in [6.45, 7) is 3.41. The van der Waals surface area contributed by atoms with Gasteiger partial charge < -0.3 is 5.32 Å². The third-order valence-electron chi connectivity index (χ3n) is 4.78. The van der Waals surface area contributed by atoms with E-state index in [0.29, 0.717) is 16.6 Å². The maximum atomic E-state index is 12.7. The summed E-state index contributed by atoms with van der Waals surface area (Å²) in [4.78, 5) is 24.8. The molecule has 11 heteroatoms. The maximum Gasteiger partial charge on any atom is 0.269 e. The molecule has 1 saturated carbocycles. The number of carbonyl (C=O) groups excluding carboxylic acids is 2. The second-order valence-corrected chi connectivity index (χ2v) is 9.31. The maximum absolute atomic E-state index is 12.7. The molecule has 4 rings (SSSR count). The molecule has 0 bridgehead atoms. The normalized spacial score (nSPS) is 17.8. The van der Waals surface area contributed by atoms with E-state index < -0.39 is 27.9 Å². The summed E-state index contributed by atoms with van der Waals surface area (Å²) in [6, 6.07) is 3.89. The van der Waals surface area contributed by atoms with E-state index in [0.717, 1.165) is 17.1 Å². The van der Waals surface area contributed by atoms with Crippen LogP contribution in [0.2, 0.25) is 0 Å². The van der Waals surface area contributed by atoms with Crippen molar-refractivity contribution in [1.29, 1.82) is 0 Å². The Hall–Kier alpha value is -2.53. The fourth-order valence-corrected chi connectivity index (χ4v) is 5.43. The first-order valence-corrected chi connectivity index (χ1v) is 10.7. The Morgan fingerprint density at radius 1 is 1.39 bits per heavy atom. The molecule has 1 aromatic carbocycles. The molecule has 2 aromatic rings. The van der Waals surface area contributed by atoms with Crippen molar-refractivity contribution in [2.45, 2.75) is 50.2 Å². The van der Waals surface area contributed by atoms with E-state index in [4.69, 9.17) is 12.2 Å². The third kappa shape index (κ3) is 2.94. The summed E-state index contributed by atoms with van der Waals surface area (Å²) in [6.07, 6.45) is 2.05. The Morgan fingerprint density at radius 2 is 2.11 bits per heavy atom. The van der Waals surface area contributed by atoms with Gasteiger partial charge in [0.05, 0.1) is 12.1 Å². The van der Waals surface area contributed by atoms with Gasteiger partial charge in [-0.2, -0.15) is 5.10 Å². The number of nitrogens with one attached hydrogen (secondary N) is 2. The first-order valence-electron chi connectivity index (χ1n) is 8.88. The molecule has 2 N–H and O–H groups in total. The highest BCUT2D eigenvalue weighted by Crippen LogP contribution is 2.36. The van der Waals surface area contributed by atoms with Crippen LogP contribution in [-0.4, -0.2) is 45.3 Å². The van der Waals surface area contributed by atoms with E-state index in [-0.39, 0.29) is 22.6 Å². The average Bonchev–Trinajstić information content (AvgIpc) is 3.36. The van der Waals surface area contributed by atoms with Crippen molar-refractivity contribution in [3.8, 4) is 0 Å². The van der Waals surface area contributed by atoms with Crippen LogP contribution in [0, 0.1) is 4.77 Å². The van der Waals surface area contributed by atoms with Crippen molar-refractivity contribution in [2.24, 2.45) is 0 Å². The van der Waals surface area contributed by atoms with E-state index in [1.54, 1.807) is 13.8 Å². The van der Waals surface area contributed by atoms with E-state index in [1.165, 1.54) is 18.2 Å². The highest BCUT2D eigenvalue weighted by Gasteiger charge is 2.43. The lowest BCUT2D eigenvalue weighted by atomic mass is 10.1. The van der Waals surface area contributed by atoms with Crippen molar-refractivity contribution >= 4 is 34.1 Å². The van der Waals surface area contributed by atoms with Crippen LogP contribution < -0.4 is 5.32 Å². The molecular formula is C17H19N5O4S2. The number of aromatic amines is 1. The number of nitrogens with zero attached hydrogens (tertiary/aromatic N) is 3. The number of benzene rings is 1. The molecule has 0 saturated heterocycles. The zero-order valence-electron chi connectivity index (χ0n) is 15.3. The standard InChI is InChI=1S/C17H19N5O4S2/c1-9(2)22-16(24)12-6-3-10(7-13(12)28(22,25)26)15(23)18-8-14-19-20-17(27)21(14)11-4-5-11/h3,6-7,9,11H,4-5,8H2,1-2H3,(H,18,23)(H,20,27). The molecule has 0 radical (unpaired) electrons. The van der Waals surface area contributed by atoms with Gasteiger partial charge in [0.25, 0.3) is 21.8 Å². The zero-order valence-corrected chi connectivity index (χ0v) is 16.9. The Balaban J connectivity index is 1.57. The lowest BCUT2D eigenvalue weighted by Crippen LogP contribution is -2.36.